The Labute approximate surface area is 155 Å². The van der Waals surface area contributed by atoms with E-state index in [4.69, 9.17) is 0 Å². The summed E-state index contributed by atoms with van der Waals surface area (Å²) in [7, 11) is -3.32. The Morgan fingerprint density at radius 2 is 1.80 bits per heavy atom. The summed E-state index contributed by atoms with van der Waals surface area (Å²) in [4.78, 5) is 0.412. The molecular formula is C19H24ClNO3S. The summed E-state index contributed by atoms with van der Waals surface area (Å²) in [5, 5.41) is 13.1. The van der Waals surface area contributed by atoms with Crippen LogP contribution in [-0.4, -0.2) is 25.3 Å². The first-order valence-electron chi connectivity index (χ1n) is 8.38. The predicted octanol–water partition coefficient (Wildman–Crippen LogP) is 3.84. The molecule has 0 spiro atoms. The summed E-state index contributed by atoms with van der Waals surface area (Å²) < 4.78 is 25.6. The number of phenolic OH excluding ortho intramolecular Hbond substituents is 1. The second-order valence-electron chi connectivity index (χ2n) is 6.35. The van der Waals surface area contributed by atoms with E-state index in [1.165, 1.54) is 0 Å². The van der Waals surface area contributed by atoms with Gasteiger partial charge in [-0.25, -0.2) is 8.42 Å². The fourth-order valence-corrected chi connectivity index (χ4v) is 5.09. The minimum atomic E-state index is -3.32. The van der Waals surface area contributed by atoms with E-state index in [-0.39, 0.29) is 36.0 Å². The van der Waals surface area contributed by atoms with Crippen LogP contribution in [0.1, 0.15) is 43.4 Å². The fraction of sp³-hybridized carbons (Fsp3) is 0.368. The van der Waals surface area contributed by atoms with Gasteiger partial charge < -0.3 is 10.4 Å². The first-order valence-corrected chi connectivity index (χ1v) is 10.0. The van der Waals surface area contributed by atoms with Gasteiger partial charge in [0, 0.05) is 6.04 Å². The summed E-state index contributed by atoms with van der Waals surface area (Å²) in [5.74, 6) is 0.328. The molecule has 0 amide bonds. The molecule has 3 rings (SSSR count). The van der Waals surface area contributed by atoms with Gasteiger partial charge in [0.25, 0.3) is 0 Å². The molecule has 4 nitrogen and oxygen atoms in total. The molecule has 2 aromatic carbocycles. The lowest BCUT2D eigenvalue weighted by Gasteiger charge is -2.23. The van der Waals surface area contributed by atoms with Gasteiger partial charge in [0.05, 0.1) is 16.7 Å². The van der Waals surface area contributed by atoms with Gasteiger partial charge in [-0.1, -0.05) is 50.1 Å². The van der Waals surface area contributed by atoms with Crippen LogP contribution >= 0.6 is 12.4 Å². The Kier molecular flexibility index (Phi) is 6.49. The predicted molar refractivity (Wildman–Crippen MR) is 102 cm³/mol. The molecule has 2 N–H and O–H groups in total. The van der Waals surface area contributed by atoms with Gasteiger partial charge in [-0.2, -0.15) is 0 Å². The zero-order valence-electron chi connectivity index (χ0n) is 14.2. The van der Waals surface area contributed by atoms with Crippen LogP contribution in [0.2, 0.25) is 0 Å². The fourth-order valence-electron chi connectivity index (χ4n) is 3.29. The normalized spacial score (nSPS) is 21.6. The number of sulfone groups is 1. The van der Waals surface area contributed by atoms with E-state index < -0.39 is 9.84 Å². The number of fused-ring (bicyclic) bond motifs is 1. The van der Waals surface area contributed by atoms with Gasteiger partial charge in [-0.05, 0) is 35.7 Å². The van der Waals surface area contributed by atoms with E-state index in [2.05, 4.69) is 12.2 Å². The van der Waals surface area contributed by atoms with E-state index in [0.29, 0.717) is 4.90 Å². The average molecular weight is 382 g/mol. The van der Waals surface area contributed by atoms with Gasteiger partial charge >= 0.3 is 0 Å². The Bertz CT molecular complexity index is 806. The lowest BCUT2D eigenvalue weighted by atomic mass is 9.97. The van der Waals surface area contributed by atoms with Crippen LogP contribution in [0.25, 0.3) is 0 Å². The highest BCUT2D eigenvalue weighted by Crippen LogP contribution is 2.33. The maximum absolute atomic E-state index is 12.8. The summed E-state index contributed by atoms with van der Waals surface area (Å²) in [6.07, 6.45) is 2.86. The van der Waals surface area contributed by atoms with Crippen LogP contribution in [0.4, 0.5) is 0 Å². The third-order valence-corrected chi connectivity index (χ3v) is 6.40. The molecule has 0 radical (unpaired) electrons. The van der Waals surface area contributed by atoms with Gasteiger partial charge in [0.1, 0.15) is 5.75 Å². The minimum absolute atomic E-state index is 0. The lowest BCUT2D eigenvalue weighted by molar-refractivity contribution is 0.459. The van der Waals surface area contributed by atoms with Crippen molar-refractivity contribution < 1.29 is 13.5 Å². The van der Waals surface area contributed by atoms with Crippen LogP contribution in [0, 0.1) is 0 Å². The topological polar surface area (TPSA) is 66.4 Å². The molecule has 0 unspecified atom stereocenters. The largest absolute Gasteiger partial charge is 0.508 e. The van der Waals surface area contributed by atoms with Gasteiger partial charge in [0.2, 0.25) is 0 Å². The average Bonchev–Trinajstić information content (AvgIpc) is 2.68. The number of hydrogen-bond acceptors (Lipinski definition) is 4. The summed E-state index contributed by atoms with van der Waals surface area (Å²) in [5.41, 5.74) is 1.74. The number of halogens is 1. The highest BCUT2D eigenvalue weighted by atomic mass is 35.5. The number of unbranched alkanes of at least 4 members (excludes halogenated alkanes) is 1. The molecule has 2 atom stereocenters. The number of phenols is 1. The van der Waals surface area contributed by atoms with E-state index in [1.807, 2.05) is 24.3 Å². The van der Waals surface area contributed by atoms with Crippen molar-refractivity contribution in [1.82, 2.24) is 5.32 Å². The summed E-state index contributed by atoms with van der Waals surface area (Å²) in [6.45, 7) is 2.11. The second kappa shape index (κ2) is 8.21. The smallest absolute Gasteiger partial charge is 0.180 e. The zero-order chi connectivity index (χ0) is 17.2. The zero-order valence-corrected chi connectivity index (χ0v) is 15.8. The van der Waals surface area contributed by atoms with Gasteiger partial charge in [-0.3, -0.25) is 0 Å². The molecule has 2 aromatic rings. The Balaban J connectivity index is 0.00000225. The van der Waals surface area contributed by atoms with Crippen LogP contribution in [0.15, 0.2) is 53.4 Å². The molecule has 1 heterocycles. The lowest BCUT2D eigenvalue weighted by Crippen LogP contribution is -2.35. The molecule has 25 heavy (non-hydrogen) atoms. The van der Waals surface area contributed by atoms with Crippen molar-refractivity contribution in [2.24, 2.45) is 0 Å². The molecule has 0 saturated heterocycles. The highest BCUT2D eigenvalue weighted by Gasteiger charge is 2.32. The molecular weight excluding hydrogens is 358 g/mol. The van der Waals surface area contributed by atoms with Crippen molar-refractivity contribution in [3.63, 3.8) is 0 Å². The molecule has 0 fully saturated rings. The molecule has 0 aliphatic carbocycles. The standard InChI is InChI=1S/C19H23NO3S.ClH/c1-2-3-6-15-13-24(22,23)18-8-5-4-7-17(18)19(20-15)14-9-11-16(21)12-10-14;/h4-5,7-12,15,19-21H,2-3,6,13H2,1H3;1H/t15-,19-;/m1./s1. The SMILES string of the molecule is CCCC[C@@H]1CS(=O)(=O)c2ccccc2[C@@H](c2ccc(O)cc2)N1.Cl. The quantitative estimate of drug-likeness (QED) is 0.844. The number of hydrogen-bond donors (Lipinski definition) is 2. The Morgan fingerprint density at radius 3 is 2.48 bits per heavy atom. The third-order valence-electron chi connectivity index (χ3n) is 4.52. The molecule has 0 saturated carbocycles. The molecule has 1 aliphatic rings. The first kappa shape index (κ1) is 19.8. The van der Waals surface area contributed by atoms with Crippen molar-refractivity contribution in [3.05, 3.63) is 59.7 Å². The van der Waals surface area contributed by atoms with Crippen molar-refractivity contribution in [2.45, 2.75) is 43.2 Å². The van der Waals surface area contributed by atoms with Gasteiger partial charge in [-0.15, -0.1) is 12.4 Å². The van der Waals surface area contributed by atoms with Crippen molar-refractivity contribution in [3.8, 4) is 5.75 Å². The Hall–Kier alpha value is -1.56. The molecule has 6 heteroatoms. The van der Waals surface area contributed by atoms with Crippen molar-refractivity contribution in [1.29, 1.82) is 0 Å². The third kappa shape index (κ3) is 4.35. The van der Waals surface area contributed by atoms with E-state index in [9.17, 15) is 13.5 Å². The van der Waals surface area contributed by atoms with Crippen molar-refractivity contribution >= 4 is 22.2 Å². The molecule has 136 valence electrons. The number of aromatic hydroxyl groups is 1. The molecule has 0 bridgehead atoms. The van der Waals surface area contributed by atoms with E-state index >= 15 is 0 Å². The minimum Gasteiger partial charge on any atom is -0.508 e. The van der Waals surface area contributed by atoms with Crippen molar-refractivity contribution in [2.75, 3.05) is 5.75 Å². The maximum atomic E-state index is 12.8. The summed E-state index contributed by atoms with van der Waals surface area (Å²) >= 11 is 0. The van der Waals surface area contributed by atoms with E-state index in [1.54, 1.807) is 24.3 Å². The van der Waals surface area contributed by atoms with Gasteiger partial charge in [0.15, 0.2) is 9.84 Å². The maximum Gasteiger partial charge on any atom is 0.180 e. The van der Waals surface area contributed by atoms with Crippen LogP contribution in [0.3, 0.4) is 0 Å². The van der Waals surface area contributed by atoms with Crippen LogP contribution in [-0.2, 0) is 9.84 Å². The van der Waals surface area contributed by atoms with Crippen LogP contribution in [0.5, 0.6) is 5.75 Å². The monoisotopic (exact) mass is 381 g/mol. The highest BCUT2D eigenvalue weighted by molar-refractivity contribution is 7.91. The first-order chi connectivity index (χ1) is 11.5. The number of rotatable bonds is 4. The number of benzene rings is 2. The van der Waals surface area contributed by atoms with Crippen LogP contribution < -0.4 is 5.32 Å². The summed E-state index contributed by atoms with van der Waals surface area (Å²) in [6, 6.07) is 13.9. The second-order valence-corrected chi connectivity index (χ2v) is 8.35. The van der Waals surface area contributed by atoms with E-state index in [0.717, 1.165) is 30.4 Å². The Morgan fingerprint density at radius 1 is 1.12 bits per heavy atom. The number of nitrogens with one attached hydrogen (secondary N) is 1. The molecule has 0 aromatic heterocycles. The molecule has 1 aliphatic heterocycles.